The molecule has 11 heteroatoms. The molecule has 0 aliphatic carbocycles. The van der Waals surface area contributed by atoms with Crippen molar-refractivity contribution in [2.75, 3.05) is 20.8 Å². The van der Waals surface area contributed by atoms with Gasteiger partial charge in [-0.2, -0.15) is 8.78 Å². The quantitative estimate of drug-likeness (QED) is 0.265. The van der Waals surface area contributed by atoms with Crippen LogP contribution >= 0.6 is 11.3 Å². The Bertz CT molecular complexity index is 1830. The van der Waals surface area contributed by atoms with Crippen molar-refractivity contribution < 1.29 is 32.5 Å². The molecule has 1 atom stereocenters. The highest BCUT2D eigenvalue weighted by Crippen LogP contribution is 2.36. The number of halogens is 2. The molecule has 0 saturated carbocycles. The summed E-state index contributed by atoms with van der Waals surface area (Å²) in [4.78, 5) is 32.7. The summed E-state index contributed by atoms with van der Waals surface area (Å²) in [5.74, 6) is -0.0892. The molecule has 3 aromatic carbocycles. The minimum atomic E-state index is -3.02. The van der Waals surface area contributed by atoms with E-state index in [4.69, 9.17) is 19.2 Å². The molecule has 8 nitrogen and oxygen atoms in total. The van der Waals surface area contributed by atoms with Crippen molar-refractivity contribution in [3.8, 4) is 17.2 Å². The van der Waals surface area contributed by atoms with Crippen LogP contribution in [0.5, 0.6) is 17.2 Å². The molecule has 0 radical (unpaired) electrons. The number of hydrogen-bond acceptors (Lipinski definition) is 8. The van der Waals surface area contributed by atoms with Gasteiger partial charge in [0.15, 0.2) is 16.3 Å². The fourth-order valence-electron chi connectivity index (χ4n) is 4.69. The zero-order chi connectivity index (χ0) is 29.8. The topological polar surface area (TPSA) is 88.4 Å². The maximum Gasteiger partial charge on any atom is 0.387 e. The van der Waals surface area contributed by atoms with Crippen molar-refractivity contribution in [3.05, 3.63) is 115 Å². The second-order valence-electron chi connectivity index (χ2n) is 9.00. The first kappa shape index (κ1) is 28.7. The molecule has 5 rings (SSSR count). The number of carbonyl (C=O) groups excluding carboxylic acids is 1. The first-order valence-electron chi connectivity index (χ1n) is 12.9. The molecule has 42 heavy (non-hydrogen) atoms. The SMILES string of the molecule is CCOC(=O)C1=C(c2ccccc2)N=c2s/c(=C/c3ccc(OC(F)F)c(OC)c3)c(=O)n2[C@H]1c1cccc(OC)c1. The summed E-state index contributed by atoms with van der Waals surface area (Å²) < 4.78 is 48.0. The highest BCUT2D eigenvalue weighted by Gasteiger charge is 2.35. The number of rotatable bonds is 9. The zero-order valence-electron chi connectivity index (χ0n) is 22.9. The van der Waals surface area contributed by atoms with Crippen molar-refractivity contribution in [2.45, 2.75) is 19.6 Å². The smallest absolute Gasteiger partial charge is 0.387 e. The number of nitrogens with zero attached hydrogens (tertiary/aromatic N) is 2. The van der Waals surface area contributed by atoms with Crippen LogP contribution in [0.4, 0.5) is 8.78 Å². The van der Waals surface area contributed by atoms with E-state index in [0.717, 1.165) is 11.3 Å². The van der Waals surface area contributed by atoms with Crippen LogP contribution in [0.15, 0.2) is 88.2 Å². The van der Waals surface area contributed by atoms with E-state index in [1.807, 2.05) is 36.4 Å². The van der Waals surface area contributed by atoms with Gasteiger partial charge in [-0.1, -0.05) is 59.9 Å². The number of alkyl halides is 2. The number of esters is 1. The van der Waals surface area contributed by atoms with Gasteiger partial charge in [0.2, 0.25) is 0 Å². The van der Waals surface area contributed by atoms with Gasteiger partial charge >= 0.3 is 12.6 Å². The van der Waals surface area contributed by atoms with E-state index >= 15 is 0 Å². The molecule has 0 N–H and O–H groups in total. The molecule has 0 saturated heterocycles. The molecule has 0 fully saturated rings. The normalized spacial score (nSPS) is 14.8. The Morgan fingerprint density at radius 3 is 2.50 bits per heavy atom. The van der Waals surface area contributed by atoms with E-state index in [0.29, 0.717) is 37.5 Å². The lowest BCUT2D eigenvalue weighted by Crippen LogP contribution is -2.40. The van der Waals surface area contributed by atoms with Gasteiger partial charge in [-0.25, -0.2) is 9.79 Å². The van der Waals surface area contributed by atoms with Crippen molar-refractivity contribution in [1.29, 1.82) is 0 Å². The fraction of sp³-hybridized carbons (Fsp3) is 0.194. The van der Waals surface area contributed by atoms with E-state index in [2.05, 4.69) is 4.74 Å². The van der Waals surface area contributed by atoms with Crippen LogP contribution in [0.3, 0.4) is 0 Å². The molecule has 1 aliphatic rings. The lowest BCUT2D eigenvalue weighted by molar-refractivity contribution is -0.138. The van der Waals surface area contributed by atoms with Crippen LogP contribution in [-0.4, -0.2) is 38.0 Å². The van der Waals surface area contributed by atoms with Crippen molar-refractivity contribution in [3.63, 3.8) is 0 Å². The van der Waals surface area contributed by atoms with Gasteiger partial charge in [-0.3, -0.25) is 9.36 Å². The molecule has 0 spiro atoms. The van der Waals surface area contributed by atoms with Gasteiger partial charge < -0.3 is 18.9 Å². The molecule has 0 bridgehead atoms. The van der Waals surface area contributed by atoms with Crippen molar-refractivity contribution in [1.82, 2.24) is 4.57 Å². The molecule has 1 aromatic heterocycles. The molecule has 0 unspecified atom stereocenters. The van der Waals surface area contributed by atoms with E-state index in [-0.39, 0.29) is 23.7 Å². The number of aromatic nitrogens is 1. The fourth-order valence-corrected chi connectivity index (χ4v) is 5.69. The van der Waals surface area contributed by atoms with Gasteiger partial charge in [0.25, 0.3) is 5.56 Å². The standard InChI is InChI=1S/C31H26F2N2O6S/c1-4-40-29(37)25-26(19-9-6-5-7-10-19)34-31-35(27(25)20-11-8-12-21(17-20)38-2)28(36)24(42-31)16-18-13-14-22(41-30(32)33)23(15-18)39-3/h5-17,27,30H,4H2,1-3H3/b24-16+/t27-/m0/s1. The van der Waals surface area contributed by atoms with Crippen LogP contribution in [0.2, 0.25) is 0 Å². The second-order valence-corrected chi connectivity index (χ2v) is 10.0. The molecule has 0 amide bonds. The molecular weight excluding hydrogens is 566 g/mol. The average Bonchev–Trinajstić information content (AvgIpc) is 3.31. The number of fused-ring (bicyclic) bond motifs is 1. The Kier molecular flexibility index (Phi) is 8.48. The summed E-state index contributed by atoms with van der Waals surface area (Å²) in [7, 11) is 2.87. The van der Waals surface area contributed by atoms with Crippen LogP contribution in [0, 0.1) is 0 Å². The Morgan fingerprint density at radius 1 is 1.02 bits per heavy atom. The van der Waals surface area contributed by atoms with E-state index in [9.17, 15) is 18.4 Å². The number of thiazole rings is 1. The zero-order valence-corrected chi connectivity index (χ0v) is 23.7. The molecule has 216 valence electrons. The Morgan fingerprint density at radius 2 is 1.81 bits per heavy atom. The van der Waals surface area contributed by atoms with Crippen LogP contribution in [0.25, 0.3) is 11.8 Å². The molecule has 1 aliphatic heterocycles. The van der Waals surface area contributed by atoms with Gasteiger partial charge in [0.05, 0.1) is 42.7 Å². The number of methoxy groups -OCH3 is 2. The van der Waals surface area contributed by atoms with E-state index in [1.165, 1.54) is 37.0 Å². The summed E-state index contributed by atoms with van der Waals surface area (Å²) in [6, 6.07) is 19.8. The van der Waals surface area contributed by atoms with Crippen LogP contribution in [-0.2, 0) is 9.53 Å². The predicted molar refractivity (Wildman–Crippen MR) is 154 cm³/mol. The van der Waals surface area contributed by atoms with Gasteiger partial charge in [0, 0.05) is 5.56 Å². The van der Waals surface area contributed by atoms with Gasteiger partial charge in [0.1, 0.15) is 5.75 Å². The maximum atomic E-state index is 14.0. The lowest BCUT2D eigenvalue weighted by Gasteiger charge is -2.26. The van der Waals surface area contributed by atoms with Crippen molar-refractivity contribution in [2.24, 2.45) is 4.99 Å². The van der Waals surface area contributed by atoms with Gasteiger partial charge in [-0.05, 0) is 48.4 Å². The first-order valence-corrected chi connectivity index (χ1v) is 13.7. The molecule has 2 heterocycles. The number of carbonyl (C=O) groups is 1. The largest absolute Gasteiger partial charge is 0.497 e. The first-order chi connectivity index (χ1) is 20.3. The third kappa shape index (κ3) is 5.68. The second kappa shape index (κ2) is 12.4. The summed E-state index contributed by atoms with van der Waals surface area (Å²) in [6.45, 7) is -1.17. The van der Waals surface area contributed by atoms with Gasteiger partial charge in [-0.15, -0.1) is 0 Å². The summed E-state index contributed by atoms with van der Waals surface area (Å²) in [6.07, 6.45) is 1.61. The van der Waals surface area contributed by atoms with Crippen molar-refractivity contribution >= 4 is 29.1 Å². The molecule has 4 aromatic rings. The number of benzene rings is 3. The number of hydrogen-bond donors (Lipinski definition) is 0. The third-order valence-electron chi connectivity index (χ3n) is 6.48. The highest BCUT2D eigenvalue weighted by atomic mass is 32.1. The Balaban J connectivity index is 1.77. The number of ether oxygens (including phenoxy) is 4. The Labute approximate surface area is 243 Å². The molecular formula is C31H26F2N2O6S. The minimum absolute atomic E-state index is 0.0852. The van der Waals surface area contributed by atoms with Crippen LogP contribution < -0.4 is 29.1 Å². The predicted octanol–water partition coefficient (Wildman–Crippen LogP) is 4.55. The summed E-state index contributed by atoms with van der Waals surface area (Å²) in [5, 5.41) is 0. The average molecular weight is 593 g/mol. The lowest BCUT2D eigenvalue weighted by atomic mass is 9.93. The highest BCUT2D eigenvalue weighted by molar-refractivity contribution is 7.07. The van der Waals surface area contributed by atoms with Crippen LogP contribution in [0.1, 0.15) is 29.7 Å². The van der Waals surface area contributed by atoms with E-state index in [1.54, 1.807) is 31.2 Å². The monoisotopic (exact) mass is 592 g/mol. The minimum Gasteiger partial charge on any atom is -0.497 e. The third-order valence-corrected chi connectivity index (χ3v) is 7.47. The Hall–Kier alpha value is -4.77. The van der Waals surface area contributed by atoms with E-state index < -0.39 is 24.2 Å². The summed E-state index contributed by atoms with van der Waals surface area (Å²) in [5.41, 5.74) is 2.04. The summed E-state index contributed by atoms with van der Waals surface area (Å²) >= 11 is 1.14. The maximum absolute atomic E-state index is 14.0.